The van der Waals surface area contributed by atoms with Crippen molar-refractivity contribution in [2.75, 3.05) is 0 Å². The van der Waals surface area contributed by atoms with E-state index < -0.39 is 69.9 Å². The lowest BCUT2D eigenvalue weighted by Crippen LogP contribution is -2.67. The van der Waals surface area contributed by atoms with Crippen molar-refractivity contribution < 1.29 is 84.3 Å². The van der Waals surface area contributed by atoms with Crippen LogP contribution in [0.2, 0.25) is 0 Å². The Hall–Kier alpha value is -3.03. The third-order valence-electron chi connectivity index (χ3n) is 4.00. The van der Waals surface area contributed by atoms with E-state index in [-0.39, 0.29) is 24.3 Å². The molecule has 1 rings (SSSR count). The molecule has 36 heavy (non-hydrogen) atoms. The lowest BCUT2D eigenvalue weighted by atomic mass is 9.79. The first-order chi connectivity index (χ1) is 15.6. The Morgan fingerprint density at radius 3 is 1.14 bits per heavy atom. The maximum Gasteiger partial charge on any atom is 0.449 e. The number of ether oxygens (including phenoxy) is 1. The zero-order valence-corrected chi connectivity index (χ0v) is 15.9. The number of hydrogen-bond acceptors (Lipinski definition) is 3. The molecule has 0 spiro atoms. The van der Waals surface area contributed by atoms with Crippen LogP contribution in [0.3, 0.4) is 0 Å². The van der Waals surface area contributed by atoms with Gasteiger partial charge in [-0.05, 0) is 12.1 Å². The molecule has 21 heteroatoms. The molecule has 0 fully saturated rings. The van der Waals surface area contributed by atoms with E-state index in [1.807, 2.05) is 0 Å². The van der Waals surface area contributed by atoms with E-state index in [0.717, 1.165) is 0 Å². The van der Waals surface area contributed by atoms with Crippen molar-refractivity contribution in [1.29, 1.82) is 0 Å². The first kappa shape index (κ1) is 31.0. The van der Waals surface area contributed by atoms with Gasteiger partial charge in [0.2, 0.25) is 5.76 Å². The molecule has 0 unspecified atom stereocenters. The Bertz CT molecular complexity index is 927. The highest BCUT2D eigenvalue weighted by Crippen LogP contribution is 2.63. The fraction of sp³-hybridized carbons (Fsp3) is 0.467. The number of halogens is 17. The van der Waals surface area contributed by atoms with Gasteiger partial charge in [0.25, 0.3) is 5.69 Å². The van der Waals surface area contributed by atoms with Crippen molar-refractivity contribution in [3.8, 4) is 5.75 Å². The molecule has 206 valence electrons. The largest absolute Gasteiger partial charge is 0.452 e. The van der Waals surface area contributed by atoms with E-state index in [2.05, 4.69) is 4.74 Å². The van der Waals surface area contributed by atoms with Crippen LogP contribution in [0, 0.1) is 10.1 Å². The third kappa shape index (κ3) is 5.22. The summed E-state index contributed by atoms with van der Waals surface area (Å²) in [4.78, 5) is 9.17. The average Bonchev–Trinajstić information content (AvgIpc) is 2.63. The van der Waals surface area contributed by atoms with E-state index in [9.17, 15) is 84.8 Å². The summed E-state index contributed by atoms with van der Waals surface area (Å²) in [6.45, 7) is 0. The van der Waals surface area contributed by atoms with Gasteiger partial charge < -0.3 is 4.74 Å². The minimum Gasteiger partial charge on any atom is -0.452 e. The van der Waals surface area contributed by atoms with E-state index >= 15 is 0 Å². The third-order valence-corrected chi connectivity index (χ3v) is 4.00. The molecule has 0 heterocycles. The topological polar surface area (TPSA) is 52.4 Å². The van der Waals surface area contributed by atoms with Gasteiger partial charge in [0.05, 0.1) is 10.5 Å². The standard InChI is InChI=1S/C15H4F17NO3/c16-9(12(21,22)23,13(24,25)26)7(10(17,14(27,28)29)15(30,31)32)8(11(18,19)20)36-6-3-1-5(2-4-6)33(34)35/h1-4H. The Kier molecular flexibility index (Phi) is 7.59. The van der Waals surface area contributed by atoms with Gasteiger partial charge in [-0.2, -0.15) is 65.9 Å². The van der Waals surface area contributed by atoms with Crippen LogP contribution in [0.5, 0.6) is 5.75 Å². The average molecular weight is 569 g/mol. The molecule has 0 aromatic heterocycles. The van der Waals surface area contributed by atoms with Gasteiger partial charge in [-0.3, -0.25) is 10.1 Å². The molecule has 0 N–H and O–H groups in total. The number of nitro groups is 1. The van der Waals surface area contributed by atoms with Gasteiger partial charge in [-0.15, -0.1) is 0 Å². The number of alkyl halides is 17. The lowest BCUT2D eigenvalue weighted by Gasteiger charge is -2.41. The van der Waals surface area contributed by atoms with E-state index in [0.29, 0.717) is 0 Å². The number of nitrogens with zero attached hydrogens (tertiary/aromatic N) is 1. The normalized spacial score (nSPS) is 14.5. The molecule has 0 amide bonds. The molecule has 1 aromatic carbocycles. The first-order valence-electron chi connectivity index (χ1n) is 8.03. The fourth-order valence-corrected chi connectivity index (χ4v) is 2.44. The first-order valence-corrected chi connectivity index (χ1v) is 8.03. The summed E-state index contributed by atoms with van der Waals surface area (Å²) in [7, 11) is 0. The van der Waals surface area contributed by atoms with Crippen LogP contribution in [0.1, 0.15) is 0 Å². The minimum absolute atomic E-state index is 0.0788. The predicted molar refractivity (Wildman–Crippen MR) is 78.7 cm³/mol. The van der Waals surface area contributed by atoms with Crippen molar-refractivity contribution >= 4 is 5.69 Å². The summed E-state index contributed by atoms with van der Waals surface area (Å²) in [5.41, 5.74) is -23.3. The van der Waals surface area contributed by atoms with Crippen LogP contribution in [-0.4, -0.2) is 47.1 Å². The summed E-state index contributed by atoms with van der Waals surface area (Å²) in [6, 6.07) is -0.141. The maximum absolute atomic E-state index is 14.5. The zero-order valence-electron chi connectivity index (χ0n) is 15.9. The highest BCUT2D eigenvalue weighted by atomic mass is 19.4. The molecule has 0 saturated carbocycles. The van der Waals surface area contributed by atoms with Crippen LogP contribution < -0.4 is 4.74 Å². The van der Waals surface area contributed by atoms with Crippen LogP contribution in [0.15, 0.2) is 35.6 Å². The molecule has 0 atom stereocenters. The number of non-ortho nitro benzene ring substituents is 1. The Balaban J connectivity index is 4.44. The summed E-state index contributed by atoms with van der Waals surface area (Å²) in [6.07, 6.45) is -39.8. The zero-order chi connectivity index (χ0) is 28.9. The van der Waals surface area contributed by atoms with Crippen LogP contribution in [0.4, 0.5) is 80.3 Å². The molecule has 0 radical (unpaired) electrons. The number of benzene rings is 1. The second-order valence-corrected chi connectivity index (χ2v) is 6.36. The molecule has 0 saturated heterocycles. The van der Waals surface area contributed by atoms with Crippen LogP contribution in [-0.2, 0) is 0 Å². The molecule has 0 aliphatic heterocycles. The molecule has 4 nitrogen and oxygen atoms in total. The van der Waals surface area contributed by atoms with Gasteiger partial charge in [-0.25, -0.2) is 8.78 Å². The number of hydrogen-bond donors (Lipinski definition) is 0. The molecule has 0 aliphatic carbocycles. The number of rotatable bonds is 5. The fourth-order valence-electron chi connectivity index (χ4n) is 2.44. The monoisotopic (exact) mass is 569 g/mol. The van der Waals surface area contributed by atoms with Crippen molar-refractivity contribution in [1.82, 2.24) is 0 Å². The summed E-state index contributed by atoms with van der Waals surface area (Å²) in [5, 5.41) is 10.5. The number of allylic oxidation sites excluding steroid dienone is 2. The van der Waals surface area contributed by atoms with Crippen LogP contribution >= 0.6 is 0 Å². The summed E-state index contributed by atoms with van der Waals surface area (Å²) >= 11 is 0. The van der Waals surface area contributed by atoms with Gasteiger partial charge in [0, 0.05) is 12.1 Å². The smallest absolute Gasteiger partial charge is 0.449 e. The highest BCUT2D eigenvalue weighted by molar-refractivity contribution is 5.43. The Morgan fingerprint density at radius 2 is 0.917 bits per heavy atom. The Labute approximate surface area is 185 Å². The maximum atomic E-state index is 14.5. The van der Waals surface area contributed by atoms with Gasteiger partial charge in [0.1, 0.15) is 5.75 Å². The lowest BCUT2D eigenvalue weighted by molar-refractivity contribution is -0.384. The van der Waals surface area contributed by atoms with Gasteiger partial charge in [-0.1, -0.05) is 0 Å². The van der Waals surface area contributed by atoms with E-state index in [1.165, 1.54) is 0 Å². The quantitative estimate of drug-likeness (QED) is 0.160. The summed E-state index contributed by atoms with van der Waals surface area (Å²) in [5.74, 6) is -6.57. The van der Waals surface area contributed by atoms with Gasteiger partial charge in [0.15, 0.2) is 0 Å². The van der Waals surface area contributed by atoms with Crippen molar-refractivity contribution in [3.05, 3.63) is 45.7 Å². The summed E-state index contributed by atoms with van der Waals surface area (Å²) < 4.78 is 229. The number of nitro benzene ring substituents is 1. The van der Waals surface area contributed by atoms with Crippen molar-refractivity contribution in [3.63, 3.8) is 0 Å². The minimum atomic E-state index is -8.30. The van der Waals surface area contributed by atoms with E-state index in [1.54, 1.807) is 0 Å². The van der Waals surface area contributed by atoms with Gasteiger partial charge >= 0.3 is 42.2 Å². The Morgan fingerprint density at radius 1 is 0.611 bits per heavy atom. The van der Waals surface area contributed by atoms with Crippen LogP contribution in [0.25, 0.3) is 0 Å². The molecular weight excluding hydrogens is 565 g/mol. The molecule has 0 bridgehead atoms. The molecular formula is C15H4F17NO3. The molecule has 1 aromatic rings. The second kappa shape index (κ2) is 8.82. The van der Waals surface area contributed by atoms with E-state index in [4.69, 9.17) is 0 Å². The van der Waals surface area contributed by atoms with Crippen molar-refractivity contribution in [2.24, 2.45) is 0 Å². The SMILES string of the molecule is O=[N+]([O-])c1ccc(OC(=C(C(F)(C(F)(F)F)C(F)(F)F)C(F)(C(F)(F)F)C(F)(F)F)C(F)(F)F)cc1. The second-order valence-electron chi connectivity index (χ2n) is 6.36. The van der Waals surface area contributed by atoms with Crippen molar-refractivity contribution in [2.45, 2.75) is 42.2 Å². The molecule has 0 aliphatic rings. The predicted octanol–water partition coefficient (Wildman–Crippen LogP) is 7.46. The highest BCUT2D eigenvalue weighted by Gasteiger charge is 2.88.